The summed E-state index contributed by atoms with van der Waals surface area (Å²) in [7, 11) is 0. The number of ether oxygens (including phenoxy) is 1. The Morgan fingerprint density at radius 3 is 2.86 bits per heavy atom. The van der Waals surface area contributed by atoms with E-state index in [9.17, 15) is 18.3 Å². The van der Waals surface area contributed by atoms with E-state index in [1.54, 1.807) is 4.90 Å². The van der Waals surface area contributed by atoms with Gasteiger partial charge in [-0.2, -0.15) is 13.2 Å². The van der Waals surface area contributed by atoms with Gasteiger partial charge in [0.15, 0.2) is 0 Å². The number of fused-ring (bicyclic) bond motifs is 1. The highest BCUT2D eigenvalue weighted by molar-refractivity contribution is 5.34. The summed E-state index contributed by atoms with van der Waals surface area (Å²) in [5.74, 6) is 0.0351. The summed E-state index contributed by atoms with van der Waals surface area (Å²) in [6.45, 7) is 3.01. The summed E-state index contributed by atoms with van der Waals surface area (Å²) in [5.41, 5.74) is -1.56. The average molecular weight is 318 g/mol. The molecule has 0 spiro atoms. The molecule has 1 aromatic rings. The summed E-state index contributed by atoms with van der Waals surface area (Å²) in [6, 6.07) is 0.852. The van der Waals surface area contributed by atoms with Crippen LogP contribution in [0.5, 0.6) is 0 Å². The van der Waals surface area contributed by atoms with Crippen LogP contribution in [0, 0.1) is 0 Å². The molecule has 1 unspecified atom stereocenters. The third-order valence-electron chi connectivity index (χ3n) is 4.18. The lowest BCUT2D eigenvalue weighted by Gasteiger charge is -2.52. The number of alkyl halides is 3. The molecule has 122 valence electrons. The maximum atomic E-state index is 12.8. The van der Waals surface area contributed by atoms with Crippen molar-refractivity contribution in [3.63, 3.8) is 0 Å². The Morgan fingerprint density at radius 2 is 2.14 bits per heavy atom. The normalized spacial score (nSPS) is 26.8. The quantitative estimate of drug-likeness (QED) is 0.851. The van der Waals surface area contributed by atoms with Crippen molar-refractivity contribution in [2.24, 2.45) is 0 Å². The van der Waals surface area contributed by atoms with E-state index in [0.717, 1.165) is 12.3 Å². The van der Waals surface area contributed by atoms with Gasteiger partial charge >= 0.3 is 6.18 Å². The van der Waals surface area contributed by atoms with Gasteiger partial charge in [-0.15, -0.1) is 0 Å². The summed E-state index contributed by atoms with van der Waals surface area (Å²) < 4.78 is 43.8. The third-order valence-corrected chi connectivity index (χ3v) is 4.18. The number of morpholine rings is 1. The van der Waals surface area contributed by atoms with E-state index in [2.05, 4.69) is 14.9 Å². The monoisotopic (exact) mass is 318 g/mol. The first-order chi connectivity index (χ1) is 10.4. The largest absolute Gasteiger partial charge is 0.433 e. The predicted octanol–water partition coefficient (Wildman–Crippen LogP) is 0.379. The fourth-order valence-corrected chi connectivity index (χ4v) is 2.96. The predicted molar refractivity (Wildman–Crippen MR) is 71.5 cm³/mol. The molecule has 0 saturated carbocycles. The maximum Gasteiger partial charge on any atom is 0.433 e. The number of piperazine rings is 1. The molecule has 0 bridgehead atoms. The minimum absolute atomic E-state index is 0.0351. The van der Waals surface area contributed by atoms with Crippen molar-refractivity contribution in [1.29, 1.82) is 0 Å². The number of hydrogen-bond donors (Lipinski definition) is 1. The number of hydrogen-bond acceptors (Lipinski definition) is 6. The van der Waals surface area contributed by atoms with Crippen molar-refractivity contribution in [3.8, 4) is 0 Å². The summed E-state index contributed by atoms with van der Waals surface area (Å²) >= 11 is 0. The SMILES string of the molecule is OCC12COCCN1CCN(c1nccc(C(F)(F)F)n1)C2. The number of aliphatic hydroxyl groups is 1. The number of nitrogens with zero attached hydrogens (tertiary/aromatic N) is 4. The molecular weight excluding hydrogens is 301 g/mol. The summed E-state index contributed by atoms with van der Waals surface area (Å²) in [6.07, 6.45) is -3.39. The van der Waals surface area contributed by atoms with Gasteiger partial charge in [-0.1, -0.05) is 0 Å². The maximum absolute atomic E-state index is 12.8. The number of aromatic nitrogens is 2. The molecule has 22 heavy (non-hydrogen) atoms. The van der Waals surface area contributed by atoms with E-state index in [4.69, 9.17) is 4.74 Å². The van der Waals surface area contributed by atoms with Gasteiger partial charge in [0, 0.05) is 32.4 Å². The van der Waals surface area contributed by atoms with Gasteiger partial charge in [-0.3, -0.25) is 4.90 Å². The Hall–Kier alpha value is -1.45. The molecule has 2 aliphatic heterocycles. The zero-order valence-electron chi connectivity index (χ0n) is 11.9. The Balaban J connectivity index is 1.84. The molecule has 3 rings (SSSR count). The molecule has 2 fully saturated rings. The number of halogens is 3. The van der Waals surface area contributed by atoms with Crippen LogP contribution < -0.4 is 4.90 Å². The lowest BCUT2D eigenvalue weighted by atomic mass is 9.94. The minimum atomic E-state index is -4.50. The van der Waals surface area contributed by atoms with E-state index < -0.39 is 17.4 Å². The summed E-state index contributed by atoms with van der Waals surface area (Å²) in [4.78, 5) is 11.4. The highest BCUT2D eigenvalue weighted by atomic mass is 19.4. The van der Waals surface area contributed by atoms with Gasteiger partial charge < -0.3 is 14.7 Å². The Kier molecular flexibility index (Phi) is 3.96. The highest BCUT2D eigenvalue weighted by Crippen LogP contribution is 2.30. The molecule has 0 aromatic carbocycles. The van der Waals surface area contributed by atoms with Gasteiger partial charge in [0.25, 0.3) is 0 Å². The van der Waals surface area contributed by atoms with Crippen LogP contribution in [0.4, 0.5) is 19.1 Å². The number of rotatable bonds is 2. The second-order valence-corrected chi connectivity index (χ2v) is 5.58. The average Bonchev–Trinajstić information content (AvgIpc) is 2.53. The molecule has 2 saturated heterocycles. The van der Waals surface area contributed by atoms with Crippen molar-refractivity contribution in [2.75, 3.05) is 50.9 Å². The molecule has 3 heterocycles. The molecule has 0 radical (unpaired) electrons. The van der Waals surface area contributed by atoms with Crippen LogP contribution in [0.1, 0.15) is 5.69 Å². The molecule has 1 atom stereocenters. The first-order valence-corrected chi connectivity index (χ1v) is 7.03. The van der Waals surface area contributed by atoms with Crippen LogP contribution in [-0.2, 0) is 10.9 Å². The molecule has 0 aliphatic carbocycles. The first-order valence-electron chi connectivity index (χ1n) is 7.03. The van der Waals surface area contributed by atoms with Crippen LogP contribution in [0.25, 0.3) is 0 Å². The zero-order chi connectivity index (χ0) is 15.8. The van der Waals surface area contributed by atoms with Crippen LogP contribution in [0.2, 0.25) is 0 Å². The van der Waals surface area contributed by atoms with E-state index in [0.29, 0.717) is 39.4 Å². The molecule has 0 amide bonds. The van der Waals surface area contributed by atoms with E-state index in [1.807, 2.05) is 0 Å². The van der Waals surface area contributed by atoms with Gasteiger partial charge in [-0.25, -0.2) is 9.97 Å². The smallest absolute Gasteiger partial charge is 0.394 e. The lowest BCUT2D eigenvalue weighted by molar-refractivity contribution is -0.141. The van der Waals surface area contributed by atoms with Crippen molar-refractivity contribution in [2.45, 2.75) is 11.7 Å². The molecular formula is C13H17F3N4O2. The van der Waals surface area contributed by atoms with Gasteiger partial charge in [0.2, 0.25) is 5.95 Å². The molecule has 1 N–H and O–H groups in total. The standard InChI is InChI=1S/C13H17F3N4O2/c14-13(15,16)10-1-2-17-11(18-10)19-3-4-20-5-6-22-9-12(20,7-19)8-21/h1-2,21H,3-9H2. The minimum Gasteiger partial charge on any atom is -0.394 e. The second-order valence-electron chi connectivity index (χ2n) is 5.58. The van der Waals surface area contributed by atoms with Crippen LogP contribution in [0.3, 0.4) is 0 Å². The van der Waals surface area contributed by atoms with Crippen LogP contribution in [-0.4, -0.2) is 71.5 Å². The van der Waals surface area contributed by atoms with Crippen molar-refractivity contribution >= 4 is 5.95 Å². The lowest BCUT2D eigenvalue weighted by Crippen LogP contribution is -2.69. The molecule has 6 nitrogen and oxygen atoms in total. The zero-order valence-corrected chi connectivity index (χ0v) is 11.9. The van der Waals surface area contributed by atoms with Crippen molar-refractivity contribution in [1.82, 2.24) is 14.9 Å². The molecule has 1 aromatic heterocycles. The fraction of sp³-hybridized carbons (Fsp3) is 0.692. The molecule has 2 aliphatic rings. The highest BCUT2D eigenvalue weighted by Gasteiger charge is 2.44. The summed E-state index contributed by atoms with van der Waals surface area (Å²) in [5, 5.41) is 9.76. The van der Waals surface area contributed by atoms with E-state index >= 15 is 0 Å². The van der Waals surface area contributed by atoms with Gasteiger partial charge in [0.1, 0.15) is 5.69 Å². The van der Waals surface area contributed by atoms with E-state index in [1.165, 1.54) is 0 Å². The van der Waals surface area contributed by atoms with Crippen LogP contribution in [0.15, 0.2) is 12.3 Å². The van der Waals surface area contributed by atoms with E-state index in [-0.39, 0.29) is 12.6 Å². The number of aliphatic hydroxyl groups excluding tert-OH is 1. The second kappa shape index (κ2) is 5.64. The van der Waals surface area contributed by atoms with Gasteiger partial charge in [-0.05, 0) is 6.07 Å². The topological polar surface area (TPSA) is 61.7 Å². The Bertz CT molecular complexity index is 542. The van der Waals surface area contributed by atoms with Crippen molar-refractivity contribution in [3.05, 3.63) is 18.0 Å². The third kappa shape index (κ3) is 2.75. The number of anilines is 1. The Morgan fingerprint density at radius 1 is 1.32 bits per heavy atom. The van der Waals surface area contributed by atoms with Crippen molar-refractivity contribution < 1.29 is 23.0 Å². The van der Waals surface area contributed by atoms with Crippen LogP contribution >= 0.6 is 0 Å². The van der Waals surface area contributed by atoms with Gasteiger partial charge in [0.05, 0.1) is 25.4 Å². The Labute approximate surface area is 125 Å². The first kappa shape index (κ1) is 15.4. The fourth-order valence-electron chi connectivity index (χ4n) is 2.96. The molecule has 9 heteroatoms.